The summed E-state index contributed by atoms with van der Waals surface area (Å²) < 4.78 is 21.7. The van der Waals surface area contributed by atoms with Crippen LogP contribution in [0.3, 0.4) is 0 Å². The van der Waals surface area contributed by atoms with Gasteiger partial charge in [0.05, 0.1) is 11.3 Å². The van der Waals surface area contributed by atoms with Crippen molar-refractivity contribution in [1.82, 2.24) is 5.32 Å². The van der Waals surface area contributed by atoms with Crippen LogP contribution in [-0.4, -0.2) is 38.0 Å². The highest BCUT2D eigenvalue weighted by Gasteiger charge is 2.04. The molecule has 0 bridgehead atoms. The zero-order chi connectivity index (χ0) is 12.9. The fraction of sp³-hybridized carbons (Fsp3) is 0.364. The van der Waals surface area contributed by atoms with Crippen molar-refractivity contribution in [3.05, 3.63) is 35.4 Å². The minimum atomic E-state index is -2.96. The zero-order valence-corrected chi connectivity index (χ0v) is 10.3. The minimum absolute atomic E-state index is 0.0750. The first-order chi connectivity index (χ1) is 7.88. The first-order valence-corrected chi connectivity index (χ1v) is 7.15. The smallest absolute Gasteiger partial charge is 0.335 e. The molecule has 0 heterocycles. The van der Waals surface area contributed by atoms with Crippen LogP contribution in [0, 0.1) is 0 Å². The van der Waals surface area contributed by atoms with Gasteiger partial charge in [-0.2, -0.15) is 0 Å². The van der Waals surface area contributed by atoms with Gasteiger partial charge in [-0.05, 0) is 17.7 Å². The second kappa shape index (κ2) is 5.79. The van der Waals surface area contributed by atoms with Crippen LogP contribution in [0.15, 0.2) is 24.3 Å². The molecular formula is C11H15NO4S. The van der Waals surface area contributed by atoms with Crippen LogP contribution in [0.25, 0.3) is 0 Å². The highest BCUT2D eigenvalue weighted by Crippen LogP contribution is 2.04. The molecule has 0 spiro atoms. The summed E-state index contributed by atoms with van der Waals surface area (Å²) >= 11 is 0. The van der Waals surface area contributed by atoms with Gasteiger partial charge in [-0.25, -0.2) is 13.2 Å². The van der Waals surface area contributed by atoms with Gasteiger partial charge in [-0.15, -0.1) is 0 Å². The summed E-state index contributed by atoms with van der Waals surface area (Å²) in [6.45, 7) is 0.812. The molecule has 2 N–H and O–H groups in total. The third kappa shape index (κ3) is 5.46. The van der Waals surface area contributed by atoms with E-state index in [0.717, 1.165) is 5.56 Å². The Labute approximate surface area is 100 Å². The highest BCUT2D eigenvalue weighted by atomic mass is 32.2. The molecule has 5 nitrogen and oxygen atoms in total. The van der Waals surface area contributed by atoms with Crippen LogP contribution in [0.1, 0.15) is 15.9 Å². The van der Waals surface area contributed by atoms with Crippen molar-refractivity contribution >= 4 is 15.8 Å². The number of sulfone groups is 1. The number of hydrogen-bond acceptors (Lipinski definition) is 4. The van der Waals surface area contributed by atoms with Crippen LogP contribution < -0.4 is 5.32 Å². The maximum atomic E-state index is 10.9. The lowest BCUT2D eigenvalue weighted by Gasteiger charge is -2.04. The maximum absolute atomic E-state index is 10.9. The molecule has 1 aromatic rings. The molecule has 6 heteroatoms. The molecule has 0 aromatic heterocycles. The van der Waals surface area contributed by atoms with Crippen molar-refractivity contribution in [2.45, 2.75) is 6.54 Å². The van der Waals surface area contributed by atoms with E-state index in [1.54, 1.807) is 18.2 Å². The Morgan fingerprint density at radius 3 is 2.71 bits per heavy atom. The van der Waals surface area contributed by atoms with Crippen LogP contribution >= 0.6 is 0 Å². The topological polar surface area (TPSA) is 83.5 Å². The Balaban J connectivity index is 2.47. The van der Waals surface area contributed by atoms with Gasteiger partial charge in [0, 0.05) is 19.3 Å². The quantitative estimate of drug-likeness (QED) is 0.726. The van der Waals surface area contributed by atoms with E-state index in [2.05, 4.69) is 5.32 Å². The number of rotatable bonds is 6. The van der Waals surface area contributed by atoms with Gasteiger partial charge in [0.1, 0.15) is 9.84 Å². The normalized spacial score (nSPS) is 11.4. The Morgan fingerprint density at radius 1 is 1.41 bits per heavy atom. The van der Waals surface area contributed by atoms with Crippen LogP contribution in [0.5, 0.6) is 0 Å². The Bertz CT molecular complexity index is 496. The Morgan fingerprint density at radius 2 is 2.12 bits per heavy atom. The molecule has 0 aliphatic heterocycles. The average Bonchev–Trinajstić information content (AvgIpc) is 2.23. The van der Waals surface area contributed by atoms with Gasteiger partial charge in [-0.1, -0.05) is 12.1 Å². The summed E-state index contributed by atoms with van der Waals surface area (Å²) in [5.41, 5.74) is 1.05. The van der Waals surface area contributed by atoms with Gasteiger partial charge in [-0.3, -0.25) is 0 Å². The number of carboxylic acid groups (broad SMARTS) is 1. The second-order valence-corrected chi connectivity index (χ2v) is 6.07. The number of nitrogens with one attached hydrogen (secondary N) is 1. The lowest BCUT2D eigenvalue weighted by molar-refractivity contribution is 0.0696. The van der Waals surface area contributed by atoms with Crippen LogP contribution in [0.2, 0.25) is 0 Å². The summed E-state index contributed by atoms with van der Waals surface area (Å²) in [6, 6.07) is 6.54. The lowest BCUT2D eigenvalue weighted by atomic mass is 10.1. The molecule has 1 rings (SSSR count). The lowest BCUT2D eigenvalue weighted by Crippen LogP contribution is -2.22. The molecule has 0 saturated carbocycles. The van der Waals surface area contributed by atoms with E-state index in [0.29, 0.717) is 13.1 Å². The van der Waals surface area contributed by atoms with E-state index < -0.39 is 15.8 Å². The molecule has 0 radical (unpaired) electrons. The van der Waals surface area contributed by atoms with E-state index in [4.69, 9.17) is 5.11 Å². The van der Waals surface area contributed by atoms with E-state index in [1.165, 1.54) is 12.3 Å². The second-order valence-electron chi connectivity index (χ2n) is 3.81. The monoisotopic (exact) mass is 257 g/mol. The molecule has 94 valence electrons. The van der Waals surface area contributed by atoms with Gasteiger partial charge in [0.2, 0.25) is 0 Å². The van der Waals surface area contributed by atoms with Gasteiger partial charge >= 0.3 is 5.97 Å². The fourth-order valence-electron chi connectivity index (χ4n) is 1.30. The predicted octanol–water partition coefficient (Wildman–Crippen LogP) is 0.519. The summed E-state index contributed by atoms with van der Waals surface area (Å²) in [5.74, 6) is -0.894. The number of benzene rings is 1. The molecule has 0 atom stereocenters. The third-order valence-corrected chi connectivity index (χ3v) is 3.10. The highest BCUT2D eigenvalue weighted by molar-refractivity contribution is 7.90. The summed E-state index contributed by atoms with van der Waals surface area (Å²) in [5, 5.41) is 11.7. The summed E-state index contributed by atoms with van der Waals surface area (Å²) in [6.07, 6.45) is 1.18. The molecular weight excluding hydrogens is 242 g/mol. The first-order valence-electron chi connectivity index (χ1n) is 5.09. The number of aromatic carboxylic acids is 1. The Kier molecular flexibility index (Phi) is 4.65. The largest absolute Gasteiger partial charge is 0.478 e. The van der Waals surface area contributed by atoms with Crippen molar-refractivity contribution in [1.29, 1.82) is 0 Å². The zero-order valence-electron chi connectivity index (χ0n) is 9.51. The van der Waals surface area contributed by atoms with Crippen LogP contribution in [0.4, 0.5) is 0 Å². The van der Waals surface area contributed by atoms with Gasteiger partial charge < -0.3 is 10.4 Å². The first kappa shape index (κ1) is 13.7. The molecule has 0 amide bonds. The molecule has 0 saturated heterocycles. The standard InChI is InChI=1S/C11H15NO4S/c1-17(15,16)6-5-12-8-9-3-2-4-10(7-9)11(13)14/h2-4,7,12H,5-6,8H2,1H3,(H,13,14). The van der Waals surface area contributed by atoms with E-state index >= 15 is 0 Å². The summed E-state index contributed by atoms with van der Waals surface area (Å²) in [7, 11) is -2.96. The molecule has 0 fully saturated rings. The number of carbonyl (C=O) groups is 1. The number of carboxylic acids is 1. The fourth-order valence-corrected chi connectivity index (χ4v) is 1.82. The number of hydrogen-bond donors (Lipinski definition) is 2. The van der Waals surface area contributed by atoms with Crippen molar-refractivity contribution in [2.24, 2.45) is 0 Å². The van der Waals surface area contributed by atoms with Crippen molar-refractivity contribution < 1.29 is 18.3 Å². The molecule has 0 aliphatic carbocycles. The molecule has 17 heavy (non-hydrogen) atoms. The van der Waals surface area contributed by atoms with Gasteiger partial charge in [0.25, 0.3) is 0 Å². The third-order valence-electron chi connectivity index (χ3n) is 2.15. The van der Waals surface area contributed by atoms with E-state index in [1.807, 2.05) is 0 Å². The van der Waals surface area contributed by atoms with Crippen molar-refractivity contribution in [3.63, 3.8) is 0 Å². The van der Waals surface area contributed by atoms with Crippen molar-refractivity contribution in [2.75, 3.05) is 18.6 Å². The average molecular weight is 257 g/mol. The van der Waals surface area contributed by atoms with E-state index in [-0.39, 0.29) is 11.3 Å². The Hall–Kier alpha value is -1.40. The molecule has 0 unspecified atom stereocenters. The molecule has 1 aromatic carbocycles. The molecule has 0 aliphatic rings. The maximum Gasteiger partial charge on any atom is 0.335 e. The van der Waals surface area contributed by atoms with Gasteiger partial charge in [0.15, 0.2) is 0 Å². The van der Waals surface area contributed by atoms with Crippen LogP contribution in [-0.2, 0) is 16.4 Å². The van der Waals surface area contributed by atoms with E-state index in [9.17, 15) is 13.2 Å². The van der Waals surface area contributed by atoms with Crippen molar-refractivity contribution in [3.8, 4) is 0 Å². The SMILES string of the molecule is CS(=O)(=O)CCNCc1cccc(C(=O)O)c1. The predicted molar refractivity (Wildman–Crippen MR) is 64.8 cm³/mol. The minimum Gasteiger partial charge on any atom is -0.478 e. The summed E-state index contributed by atoms with van der Waals surface area (Å²) in [4.78, 5) is 10.7.